The van der Waals surface area contributed by atoms with Gasteiger partial charge in [-0.15, -0.1) is 0 Å². The van der Waals surface area contributed by atoms with E-state index in [1.54, 1.807) is 13.4 Å². The van der Waals surface area contributed by atoms with E-state index in [0.29, 0.717) is 6.61 Å². The molecule has 0 bridgehead atoms. The van der Waals surface area contributed by atoms with Crippen LogP contribution in [0.3, 0.4) is 0 Å². The van der Waals surface area contributed by atoms with Crippen molar-refractivity contribution in [1.82, 2.24) is 4.98 Å². The average molecular weight is 127 g/mol. The number of oxazole rings is 1. The fraction of sp³-hybridized carbons (Fsp3) is 0.500. The number of nitrogens with zero attached hydrogens (tertiary/aromatic N) is 1. The number of ether oxygens (including phenoxy) is 1. The Balaban J connectivity index is 2.30. The Morgan fingerprint density at radius 3 is 3.22 bits per heavy atom. The molecule has 0 atom stereocenters. The van der Waals surface area contributed by atoms with E-state index in [4.69, 9.17) is 9.15 Å². The van der Waals surface area contributed by atoms with Crippen molar-refractivity contribution in [2.75, 3.05) is 13.7 Å². The van der Waals surface area contributed by atoms with Gasteiger partial charge in [-0.05, 0) is 0 Å². The Hall–Kier alpha value is -0.830. The Bertz CT molecular complexity index is 148. The van der Waals surface area contributed by atoms with Crippen LogP contribution in [-0.4, -0.2) is 18.7 Å². The summed E-state index contributed by atoms with van der Waals surface area (Å²) < 4.78 is 9.58. The molecule has 50 valence electrons. The van der Waals surface area contributed by atoms with Gasteiger partial charge in [-0.25, -0.2) is 4.98 Å². The van der Waals surface area contributed by atoms with Crippen molar-refractivity contribution in [2.24, 2.45) is 0 Å². The summed E-state index contributed by atoms with van der Waals surface area (Å²) in [6, 6.07) is 0. The number of rotatable bonds is 3. The predicted octanol–water partition coefficient (Wildman–Crippen LogP) is 0.864. The minimum atomic E-state index is 0.701. The second-order valence-corrected chi connectivity index (χ2v) is 1.72. The number of hydrogen-bond acceptors (Lipinski definition) is 3. The summed E-state index contributed by atoms with van der Waals surface area (Å²) in [4.78, 5) is 3.91. The standard InChI is InChI=1S/C6H9NO2/c1-8-3-2-6-4-9-5-7-6/h4-5H,2-3H2,1H3. The van der Waals surface area contributed by atoms with Gasteiger partial charge in [0.25, 0.3) is 0 Å². The van der Waals surface area contributed by atoms with Gasteiger partial charge in [-0.2, -0.15) is 0 Å². The Labute approximate surface area is 53.7 Å². The van der Waals surface area contributed by atoms with E-state index in [1.165, 1.54) is 6.39 Å². The van der Waals surface area contributed by atoms with E-state index in [1.807, 2.05) is 0 Å². The van der Waals surface area contributed by atoms with Crippen molar-refractivity contribution >= 4 is 0 Å². The van der Waals surface area contributed by atoms with Crippen LogP contribution in [0.4, 0.5) is 0 Å². The molecule has 1 heterocycles. The molecule has 0 aliphatic heterocycles. The first-order chi connectivity index (χ1) is 4.43. The van der Waals surface area contributed by atoms with E-state index >= 15 is 0 Å². The molecule has 1 rings (SSSR count). The van der Waals surface area contributed by atoms with Gasteiger partial charge < -0.3 is 9.15 Å². The molecule has 9 heavy (non-hydrogen) atoms. The van der Waals surface area contributed by atoms with Gasteiger partial charge in [0.2, 0.25) is 0 Å². The summed E-state index contributed by atoms with van der Waals surface area (Å²) in [6.07, 6.45) is 3.87. The smallest absolute Gasteiger partial charge is 0.180 e. The lowest BCUT2D eigenvalue weighted by Crippen LogP contribution is -1.93. The van der Waals surface area contributed by atoms with Gasteiger partial charge in [-0.3, -0.25) is 0 Å². The summed E-state index contributed by atoms with van der Waals surface area (Å²) in [7, 11) is 1.67. The number of methoxy groups -OCH3 is 1. The highest BCUT2D eigenvalue weighted by atomic mass is 16.5. The van der Waals surface area contributed by atoms with Crippen LogP contribution in [0.1, 0.15) is 5.69 Å². The van der Waals surface area contributed by atoms with Crippen LogP contribution in [0.15, 0.2) is 17.1 Å². The summed E-state index contributed by atoms with van der Waals surface area (Å²) in [5, 5.41) is 0. The van der Waals surface area contributed by atoms with Crippen LogP contribution >= 0.6 is 0 Å². The van der Waals surface area contributed by atoms with Gasteiger partial charge in [0.15, 0.2) is 6.39 Å². The largest absolute Gasteiger partial charge is 0.451 e. The fourth-order valence-corrected chi connectivity index (χ4v) is 0.568. The van der Waals surface area contributed by atoms with Crippen LogP contribution in [0.25, 0.3) is 0 Å². The first kappa shape index (κ1) is 6.29. The molecule has 0 aliphatic rings. The third-order valence-electron chi connectivity index (χ3n) is 1.05. The number of hydrogen-bond donors (Lipinski definition) is 0. The quantitative estimate of drug-likeness (QED) is 0.604. The monoisotopic (exact) mass is 127 g/mol. The van der Waals surface area contributed by atoms with Crippen molar-refractivity contribution < 1.29 is 9.15 Å². The molecule has 0 spiro atoms. The Kier molecular flexibility index (Phi) is 2.27. The minimum Gasteiger partial charge on any atom is -0.451 e. The molecule has 0 fully saturated rings. The van der Waals surface area contributed by atoms with Gasteiger partial charge in [-0.1, -0.05) is 0 Å². The van der Waals surface area contributed by atoms with Crippen LogP contribution < -0.4 is 0 Å². The summed E-state index contributed by atoms with van der Waals surface area (Å²) >= 11 is 0. The molecule has 0 radical (unpaired) electrons. The molecule has 1 aromatic rings. The molecule has 0 aromatic carbocycles. The molecular formula is C6H9NO2. The molecule has 3 nitrogen and oxygen atoms in total. The third kappa shape index (κ3) is 1.85. The highest BCUT2D eigenvalue weighted by Crippen LogP contribution is 1.94. The Morgan fingerprint density at radius 1 is 1.78 bits per heavy atom. The highest BCUT2D eigenvalue weighted by Gasteiger charge is 1.92. The SMILES string of the molecule is COCCc1cocn1. The van der Waals surface area contributed by atoms with Gasteiger partial charge in [0.1, 0.15) is 6.26 Å². The molecule has 0 saturated heterocycles. The molecule has 0 aliphatic carbocycles. The zero-order valence-electron chi connectivity index (χ0n) is 5.33. The van der Waals surface area contributed by atoms with Crippen LogP contribution in [0, 0.1) is 0 Å². The maximum Gasteiger partial charge on any atom is 0.180 e. The second kappa shape index (κ2) is 3.25. The molecule has 0 N–H and O–H groups in total. The van der Waals surface area contributed by atoms with Gasteiger partial charge >= 0.3 is 0 Å². The lowest BCUT2D eigenvalue weighted by Gasteiger charge is -1.90. The zero-order chi connectivity index (χ0) is 6.53. The maximum absolute atomic E-state index is 4.83. The van der Waals surface area contributed by atoms with Gasteiger partial charge in [0, 0.05) is 13.5 Å². The summed E-state index contributed by atoms with van der Waals surface area (Å²) in [6.45, 7) is 0.701. The highest BCUT2D eigenvalue weighted by molar-refractivity contribution is 4.90. The van der Waals surface area contributed by atoms with Crippen molar-refractivity contribution in [2.45, 2.75) is 6.42 Å². The van der Waals surface area contributed by atoms with E-state index in [0.717, 1.165) is 12.1 Å². The summed E-state index contributed by atoms with van der Waals surface area (Å²) in [5.41, 5.74) is 0.942. The maximum atomic E-state index is 4.83. The molecule has 3 heteroatoms. The number of aromatic nitrogens is 1. The summed E-state index contributed by atoms with van der Waals surface area (Å²) in [5.74, 6) is 0. The normalized spacial score (nSPS) is 9.89. The molecule has 1 aromatic heterocycles. The van der Waals surface area contributed by atoms with E-state index in [2.05, 4.69) is 4.98 Å². The lowest BCUT2D eigenvalue weighted by molar-refractivity contribution is 0.201. The molecule has 0 saturated carbocycles. The first-order valence-corrected chi connectivity index (χ1v) is 2.79. The topological polar surface area (TPSA) is 35.3 Å². The molecular weight excluding hydrogens is 118 g/mol. The van der Waals surface area contributed by atoms with Crippen molar-refractivity contribution in [3.05, 3.63) is 18.4 Å². The Morgan fingerprint density at radius 2 is 2.67 bits per heavy atom. The second-order valence-electron chi connectivity index (χ2n) is 1.72. The predicted molar refractivity (Wildman–Crippen MR) is 32.1 cm³/mol. The van der Waals surface area contributed by atoms with Crippen molar-refractivity contribution in [1.29, 1.82) is 0 Å². The zero-order valence-corrected chi connectivity index (χ0v) is 5.33. The van der Waals surface area contributed by atoms with Crippen LogP contribution in [0.5, 0.6) is 0 Å². The van der Waals surface area contributed by atoms with Crippen LogP contribution in [-0.2, 0) is 11.2 Å². The minimum absolute atomic E-state index is 0.701. The molecule has 0 unspecified atom stereocenters. The van der Waals surface area contributed by atoms with E-state index < -0.39 is 0 Å². The van der Waals surface area contributed by atoms with Crippen molar-refractivity contribution in [3.8, 4) is 0 Å². The van der Waals surface area contributed by atoms with Crippen molar-refractivity contribution in [3.63, 3.8) is 0 Å². The van der Waals surface area contributed by atoms with Crippen LogP contribution in [0.2, 0.25) is 0 Å². The fourth-order valence-electron chi connectivity index (χ4n) is 0.568. The molecule has 0 amide bonds. The van der Waals surface area contributed by atoms with E-state index in [9.17, 15) is 0 Å². The van der Waals surface area contributed by atoms with E-state index in [-0.39, 0.29) is 0 Å². The van der Waals surface area contributed by atoms with Gasteiger partial charge in [0.05, 0.1) is 12.3 Å². The first-order valence-electron chi connectivity index (χ1n) is 2.79. The average Bonchev–Trinajstić information content (AvgIpc) is 2.34. The lowest BCUT2D eigenvalue weighted by atomic mass is 10.4. The third-order valence-corrected chi connectivity index (χ3v) is 1.05.